The second-order valence-corrected chi connectivity index (χ2v) is 5.88. The van der Waals surface area contributed by atoms with Gasteiger partial charge in [-0.1, -0.05) is 0 Å². The molecule has 0 aliphatic rings. The van der Waals surface area contributed by atoms with Gasteiger partial charge in [0.05, 0.1) is 5.75 Å². The minimum atomic E-state index is -3.22. The predicted molar refractivity (Wildman–Crippen MR) is 61.3 cm³/mol. The topological polar surface area (TPSA) is 69.6 Å². The van der Waals surface area contributed by atoms with E-state index in [1.54, 1.807) is 0 Å². The lowest BCUT2D eigenvalue weighted by molar-refractivity contribution is 0.295. The second kappa shape index (κ2) is 7.16. The van der Waals surface area contributed by atoms with Crippen molar-refractivity contribution in [3.63, 3.8) is 0 Å². The first-order chi connectivity index (χ1) is 6.87. The highest BCUT2D eigenvalue weighted by Crippen LogP contribution is 1.97. The standard InChI is InChI=1S/C9H22N2O3S/c1-9(5-6-11(2)3)10-15(13,14)8-4-7-12/h9-10,12H,4-8H2,1-3H3. The molecule has 0 bridgehead atoms. The lowest BCUT2D eigenvalue weighted by Crippen LogP contribution is -2.36. The van der Waals surface area contributed by atoms with Crippen molar-refractivity contribution in [2.75, 3.05) is 33.0 Å². The van der Waals surface area contributed by atoms with E-state index in [9.17, 15) is 8.42 Å². The first-order valence-corrected chi connectivity index (χ1v) is 6.78. The van der Waals surface area contributed by atoms with E-state index in [0.717, 1.165) is 13.0 Å². The zero-order valence-corrected chi connectivity index (χ0v) is 10.5. The van der Waals surface area contributed by atoms with Crippen molar-refractivity contribution in [1.29, 1.82) is 0 Å². The Morgan fingerprint density at radius 1 is 1.40 bits per heavy atom. The van der Waals surface area contributed by atoms with Gasteiger partial charge in [0.15, 0.2) is 0 Å². The van der Waals surface area contributed by atoms with Crippen LogP contribution in [0.1, 0.15) is 19.8 Å². The van der Waals surface area contributed by atoms with Crippen LogP contribution in [0.5, 0.6) is 0 Å². The zero-order valence-electron chi connectivity index (χ0n) is 9.73. The molecule has 15 heavy (non-hydrogen) atoms. The Morgan fingerprint density at radius 2 is 2.00 bits per heavy atom. The van der Waals surface area contributed by atoms with Gasteiger partial charge in [0, 0.05) is 12.6 Å². The third-order valence-electron chi connectivity index (χ3n) is 1.96. The lowest BCUT2D eigenvalue weighted by Gasteiger charge is -2.16. The summed E-state index contributed by atoms with van der Waals surface area (Å²) in [5.74, 6) is -0.00416. The molecule has 0 aromatic carbocycles. The smallest absolute Gasteiger partial charge is 0.211 e. The van der Waals surface area contributed by atoms with Gasteiger partial charge in [-0.3, -0.25) is 0 Å². The maximum absolute atomic E-state index is 11.4. The van der Waals surface area contributed by atoms with Crippen LogP contribution in [0.2, 0.25) is 0 Å². The monoisotopic (exact) mass is 238 g/mol. The van der Waals surface area contributed by atoms with Crippen LogP contribution in [0.15, 0.2) is 0 Å². The molecule has 0 amide bonds. The molecule has 0 saturated carbocycles. The Morgan fingerprint density at radius 3 is 2.47 bits per heavy atom. The summed E-state index contributed by atoms with van der Waals surface area (Å²) < 4.78 is 25.4. The summed E-state index contributed by atoms with van der Waals surface area (Å²) >= 11 is 0. The normalized spacial score (nSPS) is 14.5. The molecule has 0 aromatic rings. The minimum absolute atomic E-state index is 0.00416. The SMILES string of the molecule is CC(CCN(C)C)NS(=O)(=O)CCCO. The van der Waals surface area contributed by atoms with Crippen molar-refractivity contribution in [2.45, 2.75) is 25.8 Å². The molecule has 2 N–H and O–H groups in total. The molecule has 0 fully saturated rings. The number of nitrogens with one attached hydrogen (secondary N) is 1. The molecule has 92 valence electrons. The van der Waals surface area contributed by atoms with Crippen molar-refractivity contribution < 1.29 is 13.5 Å². The summed E-state index contributed by atoms with van der Waals surface area (Å²) in [6.07, 6.45) is 1.07. The van der Waals surface area contributed by atoms with E-state index in [-0.39, 0.29) is 24.8 Å². The summed E-state index contributed by atoms with van der Waals surface area (Å²) in [4.78, 5) is 2.01. The largest absolute Gasteiger partial charge is 0.396 e. The van der Waals surface area contributed by atoms with E-state index in [1.165, 1.54) is 0 Å². The maximum Gasteiger partial charge on any atom is 0.211 e. The first kappa shape index (κ1) is 14.8. The fourth-order valence-electron chi connectivity index (χ4n) is 1.13. The summed E-state index contributed by atoms with van der Waals surface area (Å²) in [7, 11) is 0.683. The summed E-state index contributed by atoms with van der Waals surface area (Å²) in [6.45, 7) is 2.61. The molecular weight excluding hydrogens is 216 g/mol. The van der Waals surface area contributed by atoms with Gasteiger partial charge in [0.1, 0.15) is 0 Å². The Bertz CT molecular complexity index is 252. The van der Waals surface area contributed by atoms with Gasteiger partial charge >= 0.3 is 0 Å². The minimum Gasteiger partial charge on any atom is -0.396 e. The van der Waals surface area contributed by atoms with Crippen LogP contribution in [0.3, 0.4) is 0 Å². The number of aliphatic hydroxyl groups is 1. The second-order valence-electron chi connectivity index (χ2n) is 4.01. The van der Waals surface area contributed by atoms with Crippen LogP contribution in [0.4, 0.5) is 0 Å². The third kappa shape index (κ3) is 8.80. The van der Waals surface area contributed by atoms with E-state index < -0.39 is 10.0 Å². The third-order valence-corrected chi connectivity index (χ3v) is 3.55. The number of hydrogen-bond acceptors (Lipinski definition) is 4. The highest BCUT2D eigenvalue weighted by molar-refractivity contribution is 7.89. The van der Waals surface area contributed by atoms with E-state index in [2.05, 4.69) is 4.72 Å². The number of rotatable bonds is 8. The van der Waals surface area contributed by atoms with E-state index in [4.69, 9.17) is 5.11 Å². The Labute approximate surface area is 92.5 Å². The quantitative estimate of drug-likeness (QED) is 0.605. The fourth-order valence-corrected chi connectivity index (χ4v) is 2.49. The van der Waals surface area contributed by atoms with Crippen LogP contribution in [0, 0.1) is 0 Å². The van der Waals surface area contributed by atoms with Crippen molar-refractivity contribution >= 4 is 10.0 Å². The average Bonchev–Trinajstić information content (AvgIpc) is 2.11. The van der Waals surface area contributed by atoms with Gasteiger partial charge in [-0.25, -0.2) is 13.1 Å². The molecule has 0 aliphatic carbocycles. The molecule has 1 unspecified atom stereocenters. The average molecular weight is 238 g/mol. The molecule has 0 radical (unpaired) electrons. The van der Waals surface area contributed by atoms with Gasteiger partial charge < -0.3 is 10.0 Å². The van der Waals surface area contributed by atoms with E-state index in [0.29, 0.717) is 0 Å². The summed E-state index contributed by atoms with van der Waals surface area (Å²) in [5.41, 5.74) is 0. The predicted octanol–water partition coefficient (Wildman–Crippen LogP) is -0.372. The van der Waals surface area contributed by atoms with Gasteiger partial charge in [-0.15, -0.1) is 0 Å². The van der Waals surface area contributed by atoms with E-state index in [1.807, 2.05) is 25.9 Å². The van der Waals surface area contributed by atoms with Crippen LogP contribution in [-0.4, -0.2) is 57.5 Å². The van der Waals surface area contributed by atoms with E-state index >= 15 is 0 Å². The van der Waals surface area contributed by atoms with Crippen molar-refractivity contribution in [2.24, 2.45) is 0 Å². The fraction of sp³-hybridized carbons (Fsp3) is 1.00. The molecule has 0 aliphatic heterocycles. The Balaban J connectivity index is 3.88. The molecule has 0 heterocycles. The molecule has 6 heteroatoms. The van der Waals surface area contributed by atoms with Gasteiger partial charge in [0.25, 0.3) is 0 Å². The summed E-state index contributed by atoms with van der Waals surface area (Å²) in [5, 5.41) is 8.54. The van der Waals surface area contributed by atoms with Crippen LogP contribution >= 0.6 is 0 Å². The molecule has 0 rings (SSSR count). The van der Waals surface area contributed by atoms with Crippen molar-refractivity contribution in [3.8, 4) is 0 Å². The molecule has 1 atom stereocenters. The molecular formula is C9H22N2O3S. The Kier molecular flexibility index (Phi) is 7.08. The van der Waals surface area contributed by atoms with Crippen molar-refractivity contribution in [1.82, 2.24) is 9.62 Å². The highest BCUT2D eigenvalue weighted by atomic mass is 32.2. The maximum atomic E-state index is 11.4. The molecule has 5 nitrogen and oxygen atoms in total. The molecule has 0 saturated heterocycles. The summed E-state index contributed by atoms with van der Waals surface area (Å²) in [6, 6.07) is -0.0592. The van der Waals surface area contributed by atoms with Crippen LogP contribution in [-0.2, 0) is 10.0 Å². The Hall–Kier alpha value is -0.170. The van der Waals surface area contributed by atoms with Crippen molar-refractivity contribution in [3.05, 3.63) is 0 Å². The zero-order chi connectivity index (χ0) is 11.9. The van der Waals surface area contributed by atoms with Gasteiger partial charge in [0.2, 0.25) is 10.0 Å². The van der Waals surface area contributed by atoms with Gasteiger partial charge in [-0.05, 0) is 40.4 Å². The number of sulfonamides is 1. The molecule has 0 aromatic heterocycles. The van der Waals surface area contributed by atoms with Gasteiger partial charge in [-0.2, -0.15) is 0 Å². The molecule has 0 spiro atoms. The highest BCUT2D eigenvalue weighted by Gasteiger charge is 2.13. The number of aliphatic hydroxyl groups excluding tert-OH is 1. The number of nitrogens with zero attached hydrogens (tertiary/aromatic N) is 1. The number of hydrogen-bond donors (Lipinski definition) is 2. The van der Waals surface area contributed by atoms with Crippen LogP contribution < -0.4 is 4.72 Å². The first-order valence-electron chi connectivity index (χ1n) is 5.13. The van der Waals surface area contributed by atoms with Crippen LogP contribution in [0.25, 0.3) is 0 Å². The lowest BCUT2D eigenvalue weighted by atomic mass is 10.2.